The molecule has 1 atom stereocenters. The number of carbonyl (C=O) groups is 1. The third-order valence-corrected chi connectivity index (χ3v) is 3.70. The second kappa shape index (κ2) is 8.83. The Kier molecular flexibility index (Phi) is 7.61. The minimum atomic E-state index is -3.83. The van der Waals surface area contributed by atoms with Crippen molar-refractivity contribution in [1.29, 1.82) is 0 Å². The molecule has 0 amide bonds. The van der Waals surface area contributed by atoms with E-state index >= 15 is 0 Å². The first-order valence-corrected chi connectivity index (χ1v) is 10.3. The highest BCUT2D eigenvalue weighted by Crippen LogP contribution is 2.32. The summed E-state index contributed by atoms with van der Waals surface area (Å²) in [6.07, 6.45) is 0.214. The molecule has 7 nitrogen and oxygen atoms in total. The monoisotopic (exact) mass is 387 g/mol. The van der Waals surface area contributed by atoms with Gasteiger partial charge in [-0.25, -0.2) is 0 Å². The van der Waals surface area contributed by atoms with Crippen LogP contribution in [0.3, 0.4) is 0 Å². The molecule has 0 fully saturated rings. The first-order valence-electron chi connectivity index (χ1n) is 8.44. The van der Waals surface area contributed by atoms with Crippen LogP contribution in [0.4, 0.5) is 0 Å². The van der Waals surface area contributed by atoms with Crippen molar-refractivity contribution in [2.45, 2.75) is 52.7 Å². The van der Waals surface area contributed by atoms with Gasteiger partial charge in [0.05, 0.1) is 12.4 Å². The molecule has 0 heterocycles. The minimum Gasteiger partial charge on any atom is -0.422 e. The third-order valence-electron chi connectivity index (χ3n) is 3.22. The van der Waals surface area contributed by atoms with Crippen LogP contribution in [0.15, 0.2) is 18.2 Å². The number of aliphatic hydroxyl groups excluding tert-OH is 1. The number of hydrogen-bond donors (Lipinski definition) is 2. The lowest BCUT2D eigenvalue weighted by atomic mass is 10.1. The number of β-amino-alcohol motifs (C(OH)–C–C–N with tert-alkyl or cyclic N) is 1. The Morgan fingerprint density at radius 2 is 1.85 bits per heavy atom. The van der Waals surface area contributed by atoms with Crippen molar-refractivity contribution in [3.63, 3.8) is 0 Å². The van der Waals surface area contributed by atoms with E-state index in [0.29, 0.717) is 5.56 Å². The van der Waals surface area contributed by atoms with Gasteiger partial charge in [-0.05, 0) is 44.4 Å². The smallest absolute Gasteiger partial charge is 0.311 e. The first-order chi connectivity index (χ1) is 11.8. The maximum Gasteiger partial charge on any atom is 0.311 e. The largest absolute Gasteiger partial charge is 0.422 e. The van der Waals surface area contributed by atoms with Gasteiger partial charge in [-0.2, -0.15) is 8.42 Å². The van der Waals surface area contributed by atoms with Crippen LogP contribution in [0.2, 0.25) is 0 Å². The molecule has 0 aliphatic heterocycles. The van der Waals surface area contributed by atoms with Gasteiger partial charge in [-0.1, -0.05) is 19.9 Å². The molecule has 1 rings (SSSR count). The molecule has 0 bridgehead atoms. The van der Waals surface area contributed by atoms with Gasteiger partial charge < -0.3 is 19.3 Å². The van der Waals surface area contributed by atoms with Crippen LogP contribution in [-0.2, 0) is 14.9 Å². The molecule has 1 aromatic carbocycles. The molecule has 148 valence electrons. The van der Waals surface area contributed by atoms with E-state index in [9.17, 15) is 18.3 Å². The fourth-order valence-electron chi connectivity index (χ4n) is 2.06. The number of benzene rings is 1. The fraction of sp³-hybridized carbons (Fsp3) is 0.611. The van der Waals surface area contributed by atoms with Gasteiger partial charge in [0, 0.05) is 18.5 Å². The zero-order chi connectivity index (χ0) is 20.1. The average Bonchev–Trinajstić information content (AvgIpc) is 2.43. The molecule has 0 radical (unpaired) electrons. The quantitative estimate of drug-likeness (QED) is 0.401. The molecular weight excluding hydrogens is 358 g/mol. The van der Waals surface area contributed by atoms with Crippen LogP contribution in [0, 0.1) is 5.92 Å². The van der Waals surface area contributed by atoms with Crippen molar-refractivity contribution in [3.8, 4) is 11.5 Å². The van der Waals surface area contributed by atoms with E-state index in [1.54, 1.807) is 6.07 Å². The number of aliphatic hydroxyl groups is 1. The van der Waals surface area contributed by atoms with E-state index in [0.717, 1.165) is 6.26 Å². The summed E-state index contributed by atoms with van der Waals surface area (Å²) in [5, 5.41) is 13.5. The predicted molar refractivity (Wildman–Crippen MR) is 99.7 cm³/mol. The molecule has 0 aliphatic carbocycles. The molecule has 0 saturated heterocycles. The number of carbonyl (C=O) groups excluding carboxylic acids is 1. The van der Waals surface area contributed by atoms with Gasteiger partial charge in [0.1, 0.15) is 0 Å². The van der Waals surface area contributed by atoms with Crippen LogP contribution in [-0.4, -0.2) is 37.8 Å². The molecule has 26 heavy (non-hydrogen) atoms. The highest BCUT2D eigenvalue weighted by Gasteiger charge is 2.19. The summed E-state index contributed by atoms with van der Waals surface area (Å²) in [7, 11) is -3.83. The van der Waals surface area contributed by atoms with Gasteiger partial charge in [-0.15, -0.1) is 0 Å². The van der Waals surface area contributed by atoms with Crippen LogP contribution in [0.1, 0.15) is 52.7 Å². The van der Waals surface area contributed by atoms with E-state index in [4.69, 9.17) is 8.92 Å². The van der Waals surface area contributed by atoms with Crippen molar-refractivity contribution < 1.29 is 27.2 Å². The fourth-order valence-corrected chi connectivity index (χ4v) is 2.52. The van der Waals surface area contributed by atoms with Crippen LogP contribution in [0.5, 0.6) is 11.5 Å². The van der Waals surface area contributed by atoms with E-state index in [2.05, 4.69) is 5.32 Å². The van der Waals surface area contributed by atoms with Crippen molar-refractivity contribution in [1.82, 2.24) is 5.32 Å². The Morgan fingerprint density at radius 1 is 1.23 bits per heavy atom. The zero-order valence-electron chi connectivity index (χ0n) is 16.2. The second-order valence-corrected chi connectivity index (χ2v) is 9.29. The highest BCUT2D eigenvalue weighted by molar-refractivity contribution is 7.86. The molecule has 2 N–H and O–H groups in total. The zero-order valence-corrected chi connectivity index (χ0v) is 17.0. The Morgan fingerprint density at radius 3 is 2.35 bits per heavy atom. The van der Waals surface area contributed by atoms with E-state index in [-0.39, 0.29) is 35.9 Å². The number of esters is 1. The molecule has 8 heteroatoms. The number of ether oxygens (including phenoxy) is 1. The Bertz CT molecular complexity index is 722. The maximum absolute atomic E-state index is 11.9. The lowest BCUT2D eigenvalue weighted by Crippen LogP contribution is -2.38. The molecule has 0 aromatic heterocycles. The number of rotatable bonds is 8. The SMILES string of the molecule is CC(C)CC(=O)Oc1ccc(C(O)CNC(C)(C)C)cc1OS(C)(=O)=O. The van der Waals surface area contributed by atoms with Crippen molar-refractivity contribution in [2.75, 3.05) is 12.8 Å². The maximum atomic E-state index is 11.9. The third kappa shape index (κ3) is 8.64. The highest BCUT2D eigenvalue weighted by atomic mass is 32.2. The van der Waals surface area contributed by atoms with E-state index in [1.807, 2.05) is 34.6 Å². The van der Waals surface area contributed by atoms with Crippen molar-refractivity contribution in [3.05, 3.63) is 23.8 Å². The molecule has 0 spiro atoms. The summed E-state index contributed by atoms with van der Waals surface area (Å²) in [4.78, 5) is 11.9. The topological polar surface area (TPSA) is 102 Å². The number of nitrogens with one attached hydrogen (secondary N) is 1. The first kappa shape index (κ1) is 22.4. The Labute approximate surface area is 155 Å². The average molecular weight is 387 g/mol. The predicted octanol–water partition coefficient (Wildman–Crippen LogP) is 2.40. The second-order valence-electron chi connectivity index (χ2n) is 7.71. The van der Waals surface area contributed by atoms with E-state index in [1.165, 1.54) is 12.1 Å². The summed E-state index contributed by atoms with van der Waals surface area (Å²) in [6.45, 7) is 9.92. The standard InChI is InChI=1S/C18H29NO6S/c1-12(2)9-17(21)24-15-8-7-13(10-16(15)25-26(6,22)23)14(20)11-19-18(3,4)5/h7-8,10,12,14,19-20H,9,11H2,1-6H3. The molecule has 0 saturated carbocycles. The summed E-state index contributed by atoms with van der Waals surface area (Å²) < 4.78 is 33.2. The lowest BCUT2D eigenvalue weighted by Gasteiger charge is -2.23. The van der Waals surface area contributed by atoms with Crippen molar-refractivity contribution >= 4 is 16.1 Å². The number of hydrogen-bond acceptors (Lipinski definition) is 7. The van der Waals surface area contributed by atoms with Crippen LogP contribution < -0.4 is 14.2 Å². The summed E-state index contributed by atoms with van der Waals surface area (Å²) in [5.41, 5.74) is 0.267. The van der Waals surface area contributed by atoms with Gasteiger partial charge in [-0.3, -0.25) is 4.79 Å². The van der Waals surface area contributed by atoms with Gasteiger partial charge >= 0.3 is 16.1 Å². The van der Waals surface area contributed by atoms with Crippen LogP contribution >= 0.6 is 0 Å². The Hall–Kier alpha value is -1.64. The van der Waals surface area contributed by atoms with Crippen LogP contribution in [0.25, 0.3) is 0 Å². The Balaban J connectivity index is 3.06. The summed E-state index contributed by atoms with van der Waals surface area (Å²) in [6, 6.07) is 4.37. The molecule has 1 aromatic rings. The molecule has 0 aliphatic rings. The van der Waals surface area contributed by atoms with Gasteiger partial charge in [0.25, 0.3) is 0 Å². The van der Waals surface area contributed by atoms with E-state index < -0.39 is 22.2 Å². The van der Waals surface area contributed by atoms with Crippen molar-refractivity contribution in [2.24, 2.45) is 5.92 Å². The molecular formula is C18H29NO6S. The van der Waals surface area contributed by atoms with Gasteiger partial charge in [0.15, 0.2) is 11.5 Å². The van der Waals surface area contributed by atoms with Gasteiger partial charge in [0.2, 0.25) is 0 Å². The molecule has 1 unspecified atom stereocenters. The normalized spacial score (nSPS) is 13.5. The minimum absolute atomic E-state index is 0.000746. The summed E-state index contributed by atoms with van der Waals surface area (Å²) in [5.74, 6) is -0.509. The lowest BCUT2D eigenvalue weighted by molar-refractivity contribution is -0.135. The summed E-state index contributed by atoms with van der Waals surface area (Å²) >= 11 is 0.